The molecule has 3 aromatic heterocycles. The number of nitrogens with two attached hydrogens (primary N) is 1. The molecule has 1 saturated heterocycles. The number of hydrogen-bond acceptors (Lipinski definition) is 8. The van der Waals surface area contributed by atoms with E-state index in [0.29, 0.717) is 47.2 Å². The summed E-state index contributed by atoms with van der Waals surface area (Å²) in [7, 11) is 1.58. The Morgan fingerprint density at radius 2 is 2.03 bits per heavy atom. The smallest absolute Gasteiger partial charge is 0.323 e. The fourth-order valence-electron chi connectivity index (χ4n) is 4.50. The first-order valence-corrected chi connectivity index (χ1v) is 12.7. The van der Waals surface area contributed by atoms with Crippen LogP contribution in [0.2, 0.25) is 5.02 Å². The molecule has 38 heavy (non-hydrogen) atoms. The molecular formula is C27H29ClN6O4. The van der Waals surface area contributed by atoms with Gasteiger partial charge in [-0.05, 0) is 36.2 Å². The van der Waals surface area contributed by atoms with E-state index in [1.807, 2.05) is 26.0 Å². The lowest BCUT2D eigenvalue weighted by Gasteiger charge is -2.22. The minimum absolute atomic E-state index is 0.0113. The predicted molar refractivity (Wildman–Crippen MR) is 145 cm³/mol. The largest absolute Gasteiger partial charge is 0.495 e. The Bertz CT molecular complexity index is 1530. The fourth-order valence-corrected chi connectivity index (χ4v) is 4.61. The van der Waals surface area contributed by atoms with Crippen molar-refractivity contribution in [3.8, 4) is 22.7 Å². The maximum absolute atomic E-state index is 13.4. The molecule has 0 amide bonds. The molecule has 1 aliphatic rings. The number of nitrogens with zero attached hydrogens (tertiary/aromatic N) is 5. The van der Waals surface area contributed by atoms with E-state index in [9.17, 15) is 9.59 Å². The molecule has 11 heteroatoms. The normalized spacial score (nSPS) is 16.3. The van der Waals surface area contributed by atoms with Crippen molar-refractivity contribution in [2.45, 2.75) is 32.4 Å². The molecule has 0 unspecified atom stereocenters. The molecular weight excluding hydrogens is 508 g/mol. The van der Waals surface area contributed by atoms with Gasteiger partial charge in [-0.2, -0.15) is 5.10 Å². The van der Waals surface area contributed by atoms with Crippen LogP contribution in [0.5, 0.6) is 5.75 Å². The minimum Gasteiger partial charge on any atom is -0.495 e. The van der Waals surface area contributed by atoms with Crippen molar-refractivity contribution in [1.82, 2.24) is 19.2 Å². The number of hydrogen-bond donors (Lipinski definition) is 1. The van der Waals surface area contributed by atoms with Gasteiger partial charge in [-0.3, -0.25) is 19.1 Å². The predicted octanol–water partition coefficient (Wildman–Crippen LogP) is 3.31. The number of methoxy groups -OCH3 is 1. The number of anilines is 1. The molecule has 1 aliphatic heterocycles. The summed E-state index contributed by atoms with van der Waals surface area (Å²) in [5.41, 5.74) is 9.03. The molecule has 10 nitrogen and oxygen atoms in total. The number of fused-ring (bicyclic) bond motifs is 1. The minimum atomic E-state index is -0.638. The highest BCUT2D eigenvalue weighted by Crippen LogP contribution is 2.33. The van der Waals surface area contributed by atoms with Gasteiger partial charge in [-0.1, -0.05) is 25.4 Å². The lowest BCUT2D eigenvalue weighted by Crippen LogP contribution is -2.39. The molecule has 0 saturated carbocycles. The molecule has 0 spiro atoms. The highest BCUT2D eigenvalue weighted by Gasteiger charge is 2.30. The number of carbonyl (C=O) groups excluding carboxylic acids is 1. The summed E-state index contributed by atoms with van der Waals surface area (Å²) >= 11 is 5.95. The van der Waals surface area contributed by atoms with Gasteiger partial charge in [0, 0.05) is 37.0 Å². The summed E-state index contributed by atoms with van der Waals surface area (Å²) < 4.78 is 14.3. The maximum atomic E-state index is 13.4. The van der Waals surface area contributed by atoms with Crippen LogP contribution < -0.4 is 20.9 Å². The van der Waals surface area contributed by atoms with Crippen molar-refractivity contribution in [3.63, 3.8) is 0 Å². The molecule has 2 N–H and O–H groups in total. The quantitative estimate of drug-likeness (QED) is 0.357. The highest BCUT2D eigenvalue weighted by atomic mass is 35.5. The zero-order chi connectivity index (χ0) is 27.0. The van der Waals surface area contributed by atoms with E-state index in [4.69, 9.17) is 26.8 Å². The topological polar surface area (TPSA) is 117 Å². The molecule has 1 fully saturated rings. The summed E-state index contributed by atoms with van der Waals surface area (Å²) in [4.78, 5) is 32.1. The first-order valence-electron chi connectivity index (χ1n) is 12.4. The molecule has 0 aliphatic carbocycles. The van der Waals surface area contributed by atoms with Gasteiger partial charge in [0.1, 0.15) is 29.7 Å². The van der Waals surface area contributed by atoms with E-state index in [0.717, 1.165) is 11.3 Å². The second-order valence-electron chi connectivity index (χ2n) is 9.65. The first kappa shape index (κ1) is 25.7. The van der Waals surface area contributed by atoms with Crippen LogP contribution in [0, 0.1) is 5.92 Å². The fraction of sp³-hybridized carbons (Fsp3) is 0.333. The van der Waals surface area contributed by atoms with E-state index in [-0.39, 0.29) is 23.6 Å². The van der Waals surface area contributed by atoms with E-state index in [1.165, 1.54) is 15.4 Å². The van der Waals surface area contributed by atoms with Crippen LogP contribution >= 0.6 is 11.6 Å². The van der Waals surface area contributed by atoms with Crippen molar-refractivity contribution in [1.29, 1.82) is 0 Å². The van der Waals surface area contributed by atoms with Crippen molar-refractivity contribution in [2.75, 3.05) is 25.1 Å². The Balaban J connectivity index is 1.39. The number of rotatable bonds is 7. The lowest BCUT2D eigenvalue weighted by molar-refractivity contribution is -0.150. The molecule has 0 radical (unpaired) electrons. The third kappa shape index (κ3) is 4.97. The van der Waals surface area contributed by atoms with Crippen LogP contribution in [-0.4, -0.2) is 57.5 Å². The van der Waals surface area contributed by atoms with Gasteiger partial charge < -0.3 is 20.1 Å². The number of esters is 1. The Hall–Kier alpha value is -3.89. The summed E-state index contributed by atoms with van der Waals surface area (Å²) in [6.45, 7) is 5.02. The highest BCUT2D eigenvalue weighted by molar-refractivity contribution is 6.30. The number of benzene rings is 1. The monoisotopic (exact) mass is 536 g/mol. The third-order valence-corrected chi connectivity index (χ3v) is 6.98. The van der Waals surface area contributed by atoms with Gasteiger partial charge in [-0.15, -0.1) is 0 Å². The lowest BCUT2D eigenvalue weighted by atomic mass is 10.1. The van der Waals surface area contributed by atoms with Crippen molar-refractivity contribution in [2.24, 2.45) is 11.7 Å². The van der Waals surface area contributed by atoms with Crippen LogP contribution in [0.25, 0.3) is 22.5 Å². The Morgan fingerprint density at radius 3 is 2.74 bits per heavy atom. The third-order valence-electron chi connectivity index (χ3n) is 6.75. The number of pyridine rings is 1. The molecule has 0 bridgehead atoms. The van der Waals surface area contributed by atoms with Crippen LogP contribution in [-0.2, 0) is 9.53 Å². The molecule has 5 rings (SSSR count). The van der Waals surface area contributed by atoms with Crippen molar-refractivity contribution >= 4 is 28.8 Å². The molecule has 4 aromatic rings. The van der Waals surface area contributed by atoms with Crippen LogP contribution in [0.1, 0.15) is 20.3 Å². The van der Waals surface area contributed by atoms with E-state index < -0.39 is 6.04 Å². The van der Waals surface area contributed by atoms with Gasteiger partial charge in [-0.25, -0.2) is 4.52 Å². The van der Waals surface area contributed by atoms with E-state index >= 15 is 0 Å². The summed E-state index contributed by atoms with van der Waals surface area (Å²) in [6.07, 6.45) is 5.24. The number of aromatic nitrogens is 4. The summed E-state index contributed by atoms with van der Waals surface area (Å²) in [6, 6.07) is 10.2. The van der Waals surface area contributed by atoms with Gasteiger partial charge in [0.15, 0.2) is 0 Å². The Labute approximate surface area is 224 Å². The van der Waals surface area contributed by atoms with Crippen molar-refractivity contribution < 1.29 is 14.3 Å². The van der Waals surface area contributed by atoms with Crippen LogP contribution in [0.3, 0.4) is 0 Å². The zero-order valence-corrected chi connectivity index (χ0v) is 22.1. The van der Waals surface area contributed by atoms with Gasteiger partial charge in [0.05, 0.1) is 35.7 Å². The SMILES string of the molecule is COc1cc(-n2cnn3cc(-c4ccc(Cl)cn4)cc3c2=O)ccc1N1CC[C@@H](OC(=O)[C@@H](N)C(C)C)C1. The summed E-state index contributed by atoms with van der Waals surface area (Å²) in [5.74, 6) is 0.232. The first-order chi connectivity index (χ1) is 18.2. The second kappa shape index (κ2) is 10.5. The van der Waals surface area contributed by atoms with Gasteiger partial charge >= 0.3 is 5.97 Å². The molecule has 4 heterocycles. The molecule has 2 atom stereocenters. The Kier molecular flexibility index (Phi) is 7.09. The second-order valence-corrected chi connectivity index (χ2v) is 10.1. The summed E-state index contributed by atoms with van der Waals surface area (Å²) in [5, 5.41) is 4.96. The van der Waals surface area contributed by atoms with Crippen LogP contribution in [0.4, 0.5) is 5.69 Å². The maximum Gasteiger partial charge on any atom is 0.323 e. The van der Waals surface area contributed by atoms with Gasteiger partial charge in [0.2, 0.25) is 0 Å². The zero-order valence-electron chi connectivity index (χ0n) is 21.4. The number of carbonyl (C=O) groups is 1. The van der Waals surface area contributed by atoms with Crippen LogP contribution in [0.15, 0.2) is 59.9 Å². The molecule has 1 aromatic carbocycles. The van der Waals surface area contributed by atoms with Crippen molar-refractivity contribution in [3.05, 3.63) is 70.5 Å². The molecule has 198 valence electrons. The number of ether oxygens (including phenoxy) is 2. The Morgan fingerprint density at radius 1 is 1.21 bits per heavy atom. The average Bonchev–Trinajstić information content (AvgIpc) is 3.56. The van der Waals surface area contributed by atoms with Gasteiger partial charge in [0.25, 0.3) is 5.56 Å². The standard InChI is InChI=1S/C27H29ClN6O4/c1-16(2)25(29)27(36)38-20-8-9-32(14-20)22-7-5-19(11-24(22)37-3)33-15-31-34-13-17(10-23(34)26(33)35)21-6-4-18(28)12-30-21/h4-7,10-13,15-16,20,25H,8-9,14,29H2,1-3H3/t20-,25+/m1/s1. The van der Waals surface area contributed by atoms with E-state index in [1.54, 1.807) is 43.8 Å². The number of halogens is 1. The average molecular weight is 537 g/mol. The van der Waals surface area contributed by atoms with E-state index in [2.05, 4.69) is 15.0 Å².